The third-order valence-electron chi connectivity index (χ3n) is 19.0. The van der Waals surface area contributed by atoms with Crippen molar-refractivity contribution in [3.63, 3.8) is 0 Å². The standard InChI is InChI=1S/C83H75BN2O/c1-79(2,3)56-37-42-71-63(45-56)64-46-57(80(4,5)6)38-43-72(64)85(71)60-39-41-69-67(51-60)83(65-32-22-24-34-75(65)87-76-35-25-23-33-66(76)83)68-49-59(82(10,11)12)50-74-77(68)84(69)70-40-36-55(52-26-16-13-17-27-52)44-73(70)86(74)78-61(53-28-18-14-19-29-53)47-58(81(7,8)9)48-62(78)54-30-20-15-21-31-54/h13-51H,1-12H3/i13D,16D,17D,26D,27D. The molecule has 0 amide bonds. The molecule has 12 aromatic rings. The molecule has 1 spiro atoms. The lowest BCUT2D eigenvalue weighted by atomic mass is 9.29. The van der Waals surface area contributed by atoms with Gasteiger partial charge in [-0.15, -0.1) is 0 Å². The van der Waals surface area contributed by atoms with E-state index in [2.05, 4.69) is 293 Å². The highest BCUT2D eigenvalue weighted by atomic mass is 16.5. The number of fused-ring (bicyclic) bond motifs is 13. The molecule has 0 unspecified atom stereocenters. The normalized spacial score (nSPS) is 14.9. The van der Waals surface area contributed by atoms with Gasteiger partial charge in [0.05, 0.1) is 29.0 Å². The Kier molecular flexibility index (Phi) is 11.0. The van der Waals surface area contributed by atoms with Crippen LogP contribution in [0.1, 0.15) is 134 Å². The first-order chi connectivity index (χ1) is 43.7. The van der Waals surface area contributed by atoms with E-state index in [9.17, 15) is 2.74 Å². The van der Waals surface area contributed by atoms with Gasteiger partial charge in [0, 0.05) is 50.1 Å². The minimum atomic E-state index is -0.965. The first kappa shape index (κ1) is 49.0. The van der Waals surface area contributed by atoms with Crippen molar-refractivity contribution in [2.75, 3.05) is 4.90 Å². The highest BCUT2D eigenvalue weighted by Crippen LogP contribution is 2.59. The SMILES string of the molecule is [2H]c1c([2H])c([2H])c(-c2ccc3c(c2)N(c2c(-c4ccccc4)cc(C(C)(C)C)cc2-c2ccccc2)c2cc(C(C)(C)C)cc4c2B3c2ccc(-n3c5ccc(C(C)(C)C)cc5c5cc(C(C)(C)C)ccc53)cc2C42c3ccccc3Oc3ccccc32)c([2H])c1[2H]. The molecule has 3 aliphatic heterocycles. The molecular formula is C83H75BN2O. The molecule has 0 N–H and O–H groups in total. The van der Waals surface area contributed by atoms with Gasteiger partial charge in [-0.2, -0.15) is 0 Å². The van der Waals surface area contributed by atoms with Gasteiger partial charge >= 0.3 is 0 Å². The molecule has 11 aromatic carbocycles. The smallest absolute Gasteiger partial charge is 0.247 e. The Morgan fingerprint density at radius 2 is 0.897 bits per heavy atom. The number of nitrogens with zero attached hydrogens (tertiary/aromatic N) is 2. The Bertz CT molecular complexity index is 4870. The molecule has 4 heteroatoms. The number of aromatic nitrogens is 1. The maximum absolute atomic E-state index is 9.51. The van der Waals surface area contributed by atoms with Crippen molar-refractivity contribution >= 4 is 62.0 Å². The Labute approximate surface area is 522 Å². The fraction of sp³-hybridized carbons (Fsp3) is 0.205. The summed E-state index contributed by atoms with van der Waals surface area (Å²) < 4.78 is 55.4. The summed E-state index contributed by atoms with van der Waals surface area (Å²) in [4.78, 5) is 2.50. The van der Waals surface area contributed by atoms with Crippen molar-refractivity contribution in [1.29, 1.82) is 0 Å². The molecular weight excluding hydrogens is 1050 g/mol. The highest BCUT2D eigenvalue weighted by Gasteiger charge is 2.55. The largest absolute Gasteiger partial charge is 0.457 e. The second-order valence-corrected chi connectivity index (χ2v) is 28.6. The van der Waals surface area contributed by atoms with Crippen LogP contribution in [0.3, 0.4) is 0 Å². The molecule has 0 bridgehead atoms. The highest BCUT2D eigenvalue weighted by molar-refractivity contribution is 6.99. The van der Waals surface area contributed by atoms with Gasteiger partial charge in [0.2, 0.25) is 6.71 Å². The van der Waals surface area contributed by atoms with Crippen molar-refractivity contribution < 1.29 is 11.6 Å². The number of ether oxygens (including phenoxy) is 1. The number of hydrogen-bond donors (Lipinski definition) is 0. The van der Waals surface area contributed by atoms with Crippen LogP contribution in [0, 0.1) is 0 Å². The van der Waals surface area contributed by atoms with Gasteiger partial charge in [-0.25, -0.2) is 0 Å². The van der Waals surface area contributed by atoms with Crippen LogP contribution in [-0.4, -0.2) is 11.3 Å². The maximum Gasteiger partial charge on any atom is 0.247 e. The van der Waals surface area contributed by atoms with Gasteiger partial charge in [0.25, 0.3) is 0 Å². The predicted molar refractivity (Wildman–Crippen MR) is 370 cm³/mol. The molecule has 0 fully saturated rings. The number of rotatable bonds is 5. The molecule has 1 aromatic heterocycles. The summed E-state index contributed by atoms with van der Waals surface area (Å²) in [5, 5.41) is 2.43. The Balaban J connectivity index is 1.14. The van der Waals surface area contributed by atoms with Gasteiger partial charge in [-0.1, -0.05) is 252 Å². The minimum Gasteiger partial charge on any atom is -0.457 e. The van der Waals surface area contributed by atoms with Crippen LogP contribution < -0.4 is 26.0 Å². The van der Waals surface area contributed by atoms with Crippen LogP contribution >= 0.6 is 0 Å². The summed E-state index contributed by atoms with van der Waals surface area (Å²) in [6.07, 6.45) is 0. The molecule has 426 valence electrons. The summed E-state index contributed by atoms with van der Waals surface area (Å²) in [6.45, 7) is 27.2. The lowest BCUT2D eigenvalue weighted by Crippen LogP contribution is -2.65. The van der Waals surface area contributed by atoms with E-state index in [1.165, 1.54) is 27.5 Å². The Morgan fingerprint density at radius 1 is 0.391 bits per heavy atom. The Hall–Kier alpha value is -9.12. The van der Waals surface area contributed by atoms with E-state index in [0.29, 0.717) is 5.56 Å². The zero-order valence-corrected chi connectivity index (χ0v) is 52.0. The topological polar surface area (TPSA) is 17.4 Å². The van der Waals surface area contributed by atoms with Crippen molar-refractivity contribution in [1.82, 2.24) is 4.57 Å². The van der Waals surface area contributed by atoms with Gasteiger partial charge in [-0.05, 0) is 161 Å². The van der Waals surface area contributed by atoms with Crippen molar-refractivity contribution in [2.24, 2.45) is 0 Å². The Morgan fingerprint density at radius 3 is 1.44 bits per heavy atom. The van der Waals surface area contributed by atoms with Gasteiger partial charge in [-0.3, -0.25) is 0 Å². The molecule has 0 aliphatic carbocycles. The monoisotopic (exact) mass is 1130 g/mol. The first-order valence-electron chi connectivity index (χ1n) is 33.4. The molecule has 0 saturated heterocycles. The minimum absolute atomic E-state index is 0.0755. The summed E-state index contributed by atoms with van der Waals surface area (Å²) in [7, 11) is 0. The number of anilines is 3. The molecule has 0 radical (unpaired) electrons. The summed E-state index contributed by atoms with van der Waals surface area (Å²) in [5.41, 5.74) is 21.8. The van der Waals surface area contributed by atoms with E-state index in [0.717, 1.165) is 112 Å². The molecule has 3 aliphatic rings. The third-order valence-corrected chi connectivity index (χ3v) is 19.0. The number of para-hydroxylation sites is 2. The average molecular weight is 1130 g/mol. The van der Waals surface area contributed by atoms with Crippen LogP contribution in [0.4, 0.5) is 17.1 Å². The van der Waals surface area contributed by atoms with E-state index < -0.39 is 16.9 Å². The van der Waals surface area contributed by atoms with Gasteiger partial charge < -0.3 is 14.2 Å². The molecule has 4 heterocycles. The van der Waals surface area contributed by atoms with Crippen molar-refractivity contribution in [3.05, 3.63) is 281 Å². The lowest BCUT2D eigenvalue weighted by Gasteiger charge is -2.51. The first-order valence-corrected chi connectivity index (χ1v) is 30.9. The molecule has 87 heavy (non-hydrogen) atoms. The van der Waals surface area contributed by atoms with Crippen LogP contribution in [0.15, 0.2) is 236 Å². The quantitative estimate of drug-likeness (QED) is 0.160. The van der Waals surface area contributed by atoms with E-state index in [1.807, 2.05) is 6.07 Å². The van der Waals surface area contributed by atoms with E-state index in [-0.39, 0.29) is 52.7 Å². The number of benzene rings is 11. The zero-order chi connectivity index (χ0) is 64.5. The van der Waals surface area contributed by atoms with Gasteiger partial charge in [0.1, 0.15) is 11.5 Å². The van der Waals surface area contributed by atoms with Crippen LogP contribution in [0.5, 0.6) is 11.5 Å². The van der Waals surface area contributed by atoms with Crippen LogP contribution in [0.2, 0.25) is 0 Å². The van der Waals surface area contributed by atoms with Crippen molar-refractivity contribution in [3.8, 4) is 50.6 Å². The molecule has 0 atom stereocenters. The summed E-state index contributed by atoms with van der Waals surface area (Å²) in [6, 6.07) is 74.5. The second kappa shape index (κ2) is 19.4. The average Bonchev–Trinajstić information content (AvgIpc) is 0.724. The number of hydrogen-bond acceptors (Lipinski definition) is 2. The molecule has 15 rings (SSSR count). The fourth-order valence-electron chi connectivity index (χ4n) is 14.4. The molecule has 3 nitrogen and oxygen atoms in total. The van der Waals surface area contributed by atoms with E-state index >= 15 is 0 Å². The van der Waals surface area contributed by atoms with E-state index in [4.69, 9.17) is 8.85 Å². The van der Waals surface area contributed by atoms with E-state index in [1.54, 1.807) is 0 Å². The second-order valence-electron chi connectivity index (χ2n) is 28.6. The van der Waals surface area contributed by atoms with Crippen LogP contribution in [0.25, 0.3) is 60.9 Å². The van der Waals surface area contributed by atoms with Crippen molar-refractivity contribution in [2.45, 2.75) is 110 Å². The fourth-order valence-corrected chi connectivity index (χ4v) is 14.4. The summed E-state index contributed by atoms with van der Waals surface area (Å²) in [5.74, 6) is 1.59. The summed E-state index contributed by atoms with van der Waals surface area (Å²) >= 11 is 0. The lowest BCUT2D eigenvalue weighted by molar-refractivity contribution is 0.435. The third kappa shape index (κ3) is 8.53. The predicted octanol–water partition coefficient (Wildman–Crippen LogP) is 20.1. The van der Waals surface area contributed by atoms with Gasteiger partial charge in [0.15, 0.2) is 0 Å². The zero-order valence-electron chi connectivity index (χ0n) is 57.0. The molecule has 0 saturated carbocycles. The van der Waals surface area contributed by atoms with Crippen LogP contribution in [-0.2, 0) is 27.1 Å². The maximum atomic E-state index is 9.51.